The first-order chi connectivity index (χ1) is 8.78. The summed E-state index contributed by atoms with van der Waals surface area (Å²) in [4.78, 5) is 4.22. The highest BCUT2D eigenvalue weighted by atomic mass is 35.5. The van der Waals surface area contributed by atoms with E-state index in [-0.39, 0.29) is 0 Å². The van der Waals surface area contributed by atoms with Crippen molar-refractivity contribution in [3.63, 3.8) is 0 Å². The Morgan fingerprint density at radius 2 is 2.28 bits per heavy atom. The van der Waals surface area contributed by atoms with E-state index in [0.717, 1.165) is 33.9 Å². The number of anilines is 1. The number of aromatic nitrogens is 3. The van der Waals surface area contributed by atoms with Crippen LogP contribution in [-0.2, 0) is 5.75 Å². The van der Waals surface area contributed by atoms with Gasteiger partial charge in [-0.25, -0.2) is 4.98 Å². The molecular weight excluding hydrogens is 288 g/mol. The van der Waals surface area contributed by atoms with Crippen molar-refractivity contribution in [2.45, 2.75) is 24.1 Å². The quantitative estimate of drug-likeness (QED) is 0.824. The second kappa shape index (κ2) is 6.92. The van der Waals surface area contributed by atoms with E-state index in [4.69, 9.17) is 11.6 Å². The number of nitrogens with zero attached hydrogens (tertiary/aromatic N) is 3. The molecule has 0 saturated heterocycles. The molecule has 0 spiro atoms. The van der Waals surface area contributed by atoms with Crippen LogP contribution < -0.4 is 5.32 Å². The molecule has 0 radical (unpaired) electrons. The van der Waals surface area contributed by atoms with Crippen molar-refractivity contribution in [3.05, 3.63) is 28.4 Å². The minimum atomic E-state index is 0.654. The molecule has 4 nitrogen and oxygen atoms in total. The van der Waals surface area contributed by atoms with Crippen LogP contribution in [-0.4, -0.2) is 21.7 Å². The number of nitrogens with one attached hydrogen (secondary N) is 1. The standard InChI is InChI=1S/C11H13ClN4S2/c1-2-5-13-11-16-15-10(18-11)7-17-9-4-3-8(12)6-14-9/h3-4,6H,2,5,7H2,1H3,(H,13,16). The smallest absolute Gasteiger partial charge is 0.205 e. The Morgan fingerprint density at radius 3 is 3.00 bits per heavy atom. The van der Waals surface area contributed by atoms with E-state index >= 15 is 0 Å². The lowest BCUT2D eigenvalue weighted by Gasteiger charge is -1.97. The first-order valence-corrected chi connectivity index (χ1v) is 7.76. The first-order valence-electron chi connectivity index (χ1n) is 5.58. The summed E-state index contributed by atoms with van der Waals surface area (Å²) in [5.41, 5.74) is 0. The van der Waals surface area contributed by atoms with Crippen LogP contribution in [0.4, 0.5) is 5.13 Å². The van der Waals surface area contributed by atoms with Crippen LogP contribution >= 0.6 is 34.7 Å². The van der Waals surface area contributed by atoms with Crippen molar-refractivity contribution in [2.24, 2.45) is 0 Å². The minimum absolute atomic E-state index is 0.654. The molecule has 2 heterocycles. The van der Waals surface area contributed by atoms with Gasteiger partial charge in [-0.05, 0) is 18.6 Å². The Labute approximate surface area is 119 Å². The van der Waals surface area contributed by atoms with Gasteiger partial charge in [-0.15, -0.1) is 10.2 Å². The molecule has 0 bridgehead atoms. The molecule has 0 aliphatic rings. The van der Waals surface area contributed by atoms with Crippen molar-refractivity contribution in [1.82, 2.24) is 15.2 Å². The highest BCUT2D eigenvalue weighted by Crippen LogP contribution is 2.25. The summed E-state index contributed by atoms with van der Waals surface area (Å²) in [5, 5.41) is 14.9. The van der Waals surface area contributed by atoms with Crippen molar-refractivity contribution >= 4 is 39.8 Å². The van der Waals surface area contributed by atoms with Crippen LogP contribution in [0.3, 0.4) is 0 Å². The number of halogens is 1. The van der Waals surface area contributed by atoms with Crippen LogP contribution in [0, 0.1) is 0 Å². The van der Waals surface area contributed by atoms with Gasteiger partial charge in [0.1, 0.15) is 5.01 Å². The maximum absolute atomic E-state index is 5.78. The molecule has 0 aliphatic carbocycles. The second-order valence-corrected chi connectivity index (χ2v) is 6.03. The summed E-state index contributed by atoms with van der Waals surface area (Å²) in [5.74, 6) is 0.778. The summed E-state index contributed by atoms with van der Waals surface area (Å²) >= 11 is 9.00. The molecule has 2 aromatic rings. The van der Waals surface area contributed by atoms with E-state index in [1.807, 2.05) is 12.1 Å². The minimum Gasteiger partial charge on any atom is -0.360 e. The Balaban J connectivity index is 1.86. The molecule has 0 amide bonds. The molecule has 1 N–H and O–H groups in total. The highest BCUT2D eigenvalue weighted by molar-refractivity contribution is 7.98. The number of hydrogen-bond acceptors (Lipinski definition) is 6. The normalized spacial score (nSPS) is 10.6. The molecule has 0 aliphatic heterocycles. The molecule has 2 aromatic heterocycles. The molecule has 0 aromatic carbocycles. The van der Waals surface area contributed by atoms with Gasteiger partial charge in [0, 0.05) is 12.7 Å². The van der Waals surface area contributed by atoms with E-state index in [2.05, 4.69) is 27.4 Å². The maximum atomic E-state index is 5.78. The molecule has 96 valence electrons. The first kappa shape index (κ1) is 13.6. The summed E-state index contributed by atoms with van der Waals surface area (Å²) in [6.07, 6.45) is 2.73. The van der Waals surface area contributed by atoms with Crippen LogP contribution in [0.5, 0.6) is 0 Å². The summed E-state index contributed by atoms with van der Waals surface area (Å²) in [6, 6.07) is 3.75. The third-order valence-corrected chi connectivity index (χ3v) is 4.28. The molecule has 18 heavy (non-hydrogen) atoms. The van der Waals surface area contributed by atoms with E-state index in [1.54, 1.807) is 29.3 Å². The number of rotatable bonds is 6. The zero-order valence-corrected chi connectivity index (χ0v) is 12.3. The molecule has 7 heteroatoms. The molecule has 0 fully saturated rings. The Morgan fingerprint density at radius 1 is 1.39 bits per heavy atom. The number of pyridine rings is 1. The lowest BCUT2D eigenvalue weighted by Crippen LogP contribution is -1.98. The zero-order chi connectivity index (χ0) is 12.8. The van der Waals surface area contributed by atoms with Gasteiger partial charge in [0.15, 0.2) is 0 Å². The fourth-order valence-electron chi connectivity index (χ4n) is 1.20. The summed E-state index contributed by atoms with van der Waals surface area (Å²) in [7, 11) is 0. The predicted molar refractivity (Wildman–Crippen MR) is 77.5 cm³/mol. The topological polar surface area (TPSA) is 50.7 Å². The van der Waals surface area contributed by atoms with Crippen molar-refractivity contribution < 1.29 is 0 Å². The van der Waals surface area contributed by atoms with Gasteiger partial charge in [0.2, 0.25) is 5.13 Å². The number of thioether (sulfide) groups is 1. The third kappa shape index (κ3) is 4.12. The maximum Gasteiger partial charge on any atom is 0.205 e. The van der Waals surface area contributed by atoms with Crippen LogP contribution in [0.2, 0.25) is 5.02 Å². The summed E-state index contributed by atoms with van der Waals surface area (Å²) < 4.78 is 0. The van der Waals surface area contributed by atoms with Crippen molar-refractivity contribution in [1.29, 1.82) is 0 Å². The van der Waals surface area contributed by atoms with E-state index < -0.39 is 0 Å². The summed E-state index contributed by atoms with van der Waals surface area (Å²) in [6.45, 7) is 3.05. The Hall–Kier alpha value is -0.850. The number of hydrogen-bond donors (Lipinski definition) is 1. The Kier molecular flexibility index (Phi) is 5.22. The predicted octanol–water partition coefficient (Wildman–Crippen LogP) is 3.70. The monoisotopic (exact) mass is 300 g/mol. The Bertz CT molecular complexity index is 486. The van der Waals surface area contributed by atoms with E-state index in [1.165, 1.54) is 0 Å². The van der Waals surface area contributed by atoms with Crippen LogP contribution in [0.25, 0.3) is 0 Å². The third-order valence-electron chi connectivity index (χ3n) is 2.04. The lowest BCUT2D eigenvalue weighted by atomic mass is 10.5. The molecular formula is C11H13ClN4S2. The van der Waals surface area contributed by atoms with Gasteiger partial charge < -0.3 is 5.32 Å². The average Bonchev–Trinajstić information content (AvgIpc) is 2.84. The highest BCUT2D eigenvalue weighted by Gasteiger charge is 2.04. The molecule has 0 unspecified atom stereocenters. The molecule has 2 rings (SSSR count). The lowest BCUT2D eigenvalue weighted by molar-refractivity contribution is 0.958. The van der Waals surface area contributed by atoms with Gasteiger partial charge in [-0.3, -0.25) is 0 Å². The van der Waals surface area contributed by atoms with Gasteiger partial charge in [-0.2, -0.15) is 0 Å². The zero-order valence-electron chi connectivity index (χ0n) is 9.89. The van der Waals surface area contributed by atoms with E-state index in [9.17, 15) is 0 Å². The SMILES string of the molecule is CCCNc1nnc(CSc2ccc(Cl)cn2)s1. The average molecular weight is 301 g/mol. The van der Waals surface area contributed by atoms with Crippen LogP contribution in [0.1, 0.15) is 18.4 Å². The largest absolute Gasteiger partial charge is 0.360 e. The fraction of sp³-hybridized carbons (Fsp3) is 0.364. The molecule has 0 saturated carbocycles. The van der Waals surface area contributed by atoms with Gasteiger partial charge in [-0.1, -0.05) is 41.6 Å². The van der Waals surface area contributed by atoms with Crippen molar-refractivity contribution in [2.75, 3.05) is 11.9 Å². The second-order valence-electron chi connectivity index (χ2n) is 3.53. The molecule has 0 atom stereocenters. The van der Waals surface area contributed by atoms with Gasteiger partial charge in [0.25, 0.3) is 0 Å². The van der Waals surface area contributed by atoms with Crippen molar-refractivity contribution in [3.8, 4) is 0 Å². The fourth-order valence-corrected chi connectivity index (χ4v) is 2.90. The van der Waals surface area contributed by atoms with Gasteiger partial charge in [0.05, 0.1) is 15.8 Å². The van der Waals surface area contributed by atoms with Gasteiger partial charge >= 0.3 is 0 Å². The van der Waals surface area contributed by atoms with Crippen LogP contribution in [0.15, 0.2) is 23.4 Å². The van der Waals surface area contributed by atoms with E-state index in [0.29, 0.717) is 5.02 Å².